The molecule has 1 unspecified atom stereocenters. The maximum Gasteiger partial charge on any atom is 0.297 e. The molecule has 1 aliphatic rings. The molecular weight excluding hydrogens is 472 g/mol. The van der Waals surface area contributed by atoms with Crippen LogP contribution in [0.2, 0.25) is 5.02 Å². The Balaban J connectivity index is 1.42. The Morgan fingerprint density at radius 2 is 1.50 bits per heavy atom. The van der Waals surface area contributed by atoms with Crippen molar-refractivity contribution in [2.75, 3.05) is 6.61 Å². The third-order valence-corrected chi connectivity index (χ3v) is 7.01. The van der Waals surface area contributed by atoms with Crippen LogP contribution in [0.5, 0.6) is 11.5 Å². The lowest BCUT2D eigenvalue weighted by Gasteiger charge is -2.14. The second kappa shape index (κ2) is 9.14. The summed E-state index contributed by atoms with van der Waals surface area (Å²) in [5, 5.41) is 0.481. The van der Waals surface area contributed by atoms with Gasteiger partial charge in [-0.25, -0.2) is 0 Å². The molecule has 0 amide bonds. The number of halogens is 1. The molecule has 4 aromatic carbocycles. The number of rotatable bonds is 6. The maximum atomic E-state index is 12.6. The maximum absolute atomic E-state index is 12.6. The summed E-state index contributed by atoms with van der Waals surface area (Å²) in [5.41, 5.74) is 4.69. The minimum atomic E-state index is -3.95. The Hall–Kier alpha value is -3.32. The van der Waals surface area contributed by atoms with Crippen LogP contribution in [0.25, 0.3) is 22.3 Å². The monoisotopic (exact) mass is 492 g/mol. The molecule has 0 spiro atoms. The van der Waals surface area contributed by atoms with Crippen LogP contribution in [0, 0.1) is 6.92 Å². The van der Waals surface area contributed by atoms with Crippen molar-refractivity contribution >= 4 is 21.7 Å². The standard InChI is InChI=1S/C27H21ClO5S/c1-18-11-13-21(14-12-18)34(29,30)31-17-26-32-25-16-20(28)15-24(27(25)33-26)23-10-6-5-9-22(23)19-7-3-2-4-8-19/h2-16,26H,17H2,1H3. The van der Waals surface area contributed by atoms with E-state index >= 15 is 0 Å². The number of aryl methyl sites for hydroxylation is 1. The van der Waals surface area contributed by atoms with Gasteiger partial charge in [-0.15, -0.1) is 0 Å². The number of fused-ring (bicyclic) bond motifs is 1. The van der Waals surface area contributed by atoms with E-state index in [0.717, 1.165) is 27.8 Å². The summed E-state index contributed by atoms with van der Waals surface area (Å²) in [6.45, 7) is 1.58. The fourth-order valence-corrected chi connectivity index (χ4v) is 4.95. The van der Waals surface area contributed by atoms with Crippen LogP contribution >= 0.6 is 11.6 Å². The van der Waals surface area contributed by atoms with Crippen LogP contribution in [0.4, 0.5) is 0 Å². The minimum absolute atomic E-state index is 0.0779. The van der Waals surface area contributed by atoms with Gasteiger partial charge in [0.15, 0.2) is 11.5 Å². The summed E-state index contributed by atoms with van der Waals surface area (Å²) >= 11 is 6.40. The normalized spacial score (nSPS) is 14.8. The average Bonchev–Trinajstić information content (AvgIpc) is 3.26. The first-order valence-corrected chi connectivity index (χ1v) is 12.5. The zero-order valence-electron chi connectivity index (χ0n) is 18.3. The highest BCUT2D eigenvalue weighted by Gasteiger charge is 2.31. The van der Waals surface area contributed by atoms with Crippen LogP contribution in [-0.4, -0.2) is 21.3 Å². The molecular formula is C27H21ClO5S. The zero-order valence-corrected chi connectivity index (χ0v) is 19.8. The van der Waals surface area contributed by atoms with E-state index in [4.69, 9.17) is 25.3 Å². The second-order valence-corrected chi connectivity index (χ2v) is 9.96. The molecule has 0 bridgehead atoms. The predicted molar refractivity (Wildman–Crippen MR) is 132 cm³/mol. The molecule has 5 rings (SSSR count). The van der Waals surface area contributed by atoms with Crippen molar-refractivity contribution in [1.29, 1.82) is 0 Å². The molecule has 1 aliphatic heterocycles. The average molecular weight is 493 g/mol. The van der Waals surface area contributed by atoms with Crippen molar-refractivity contribution in [1.82, 2.24) is 0 Å². The van der Waals surface area contributed by atoms with E-state index in [1.807, 2.05) is 67.6 Å². The van der Waals surface area contributed by atoms with E-state index < -0.39 is 16.4 Å². The highest BCUT2D eigenvalue weighted by molar-refractivity contribution is 7.86. The van der Waals surface area contributed by atoms with Crippen LogP contribution < -0.4 is 9.47 Å². The Bertz CT molecular complexity index is 1430. The third kappa shape index (κ3) is 4.53. The molecule has 34 heavy (non-hydrogen) atoms. The van der Waals surface area contributed by atoms with Crippen LogP contribution in [0.15, 0.2) is 95.9 Å². The Morgan fingerprint density at radius 1 is 0.824 bits per heavy atom. The molecule has 172 valence electrons. The first kappa shape index (κ1) is 22.5. The van der Waals surface area contributed by atoms with Gasteiger partial charge in [0, 0.05) is 16.7 Å². The molecule has 0 fully saturated rings. The Morgan fingerprint density at radius 3 is 2.24 bits per heavy atom. The van der Waals surface area contributed by atoms with E-state index in [-0.39, 0.29) is 11.5 Å². The van der Waals surface area contributed by atoms with Crippen molar-refractivity contribution in [2.24, 2.45) is 0 Å². The quantitative estimate of drug-likeness (QED) is 0.288. The zero-order chi connectivity index (χ0) is 23.7. The topological polar surface area (TPSA) is 61.8 Å². The third-order valence-electron chi connectivity index (χ3n) is 5.50. The highest BCUT2D eigenvalue weighted by Crippen LogP contribution is 2.47. The van der Waals surface area contributed by atoms with E-state index in [9.17, 15) is 8.42 Å². The molecule has 0 N–H and O–H groups in total. The number of hydrogen-bond acceptors (Lipinski definition) is 5. The molecule has 1 atom stereocenters. The van der Waals surface area contributed by atoms with Gasteiger partial charge in [0.1, 0.15) is 6.61 Å². The van der Waals surface area contributed by atoms with Gasteiger partial charge < -0.3 is 9.47 Å². The summed E-state index contributed by atoms with van der Waals surface area (Å²) in [4.78, 5) is 0.0779. The van der Waals surface area contributed by atoms with E-state index in [1.165, 1.54) is 12.1 Å². The Labute approximate surface area is 203 Å². The molecule has 4 aromatic rings. The summed E-state index contributed by atoms with van der Waals surface area (Å²) < 4.78 is 42.2. The lowest BCUT2D eigenvalue weighted by atomic mass is 9.94. The smallest absolute Gasteiger partial charge is 0.297 e. The highest BCUT2D eigenvalue weighted by atomic mass is 35.5. The number of hydrogen-bond donors (Lipinski definition) is 0. The first-order valence-electron chi connectivity index (χ1n) is 10.7. The second-order valence-electron chi connectivity index (χ2n) is 7.91. The van der Waals surface area contributed by atoms with Gasteiger partial charge in [-0.1, -0.05) is 83.9 Å². The molecule has 0 aliphatic carbocycles. The summed E-state index contributed by atoms with van der Waals surface area (Å²) in [6.07, 6.45) is -0.934. The van der Waals surface area contributed by atoms with Gasteiger partial charge in [0.05, 0.1) is 4.90 Å². The van der Waals surface area contributed by atoms with Crippen molar-refractivity contribution in [3.8, 4) is 33.8 Å². The van der Waals surface area contributed by atoms with E-state index in [0.29, 0.717) is 16.5 Å². The largest absolute Gasteiger partial charge is 0.448 e. The molecule has 0 aromatic heterocycles. The predicted octanol–water partition coefficient (Wildman–Crippen LogP) is 6.49. The van der Waals surface area contributed by atoms with Gasteiger partial charge in [-0.3, -0.25) is 4.18 Å². The lowest BCUT2D eigenvalue weighted by molar-refractivity contribution is 0.00993. The fourth-order valence-electron chi connectivity index (χ4n) is 3.85. The fraction of sp³-hybridized carbons (Fsp3) is 0.111. The van der Waals surface area contributed by atoms with Crippen molar-refractivity contribution in [3.63, 3.8) is 0 Å². The number of ether oxygens (including phenoxy) is 2. The van der Waals surface area contributed by atoms with Crippen molar-refractivity contribution in [3.05, 3.63) is 102 Å². The molecule has 0 saturated heterocycles. The van der Waals surface area contributed by atoms with E-state index in [2.05, 4.69) is 0 Å². The Kier molecular flexibility index (Phi) is 6.04. The van der Waals surface area contributed by atoms with Gasteiger partial charge in [-0.2, -0.15) is 8.42 Å². The molecule has 0 saturated carbocycles. The SMILES string of the molecule is Cc1ccc(S(=O)(=O)OCC2Oc3cc(Cl)cc(-c4ccccc4-c4ccccc4)c3O2)cc1. The summed E-state index contributed by atoms with van der Waals surface area (Å²) in [5.74, 6) is 0.931. The van der Waals surface area contributed by atoms with Crippen LogP contribution in [0.3, 0.4) is 0 Å². The van der Waals surface area contributed by atoms with Gasteiger partial charge in [0.2, 0.25) is 0 Å². The van der Waals surface area contributed by atoms with Crippen LogP contribution in [0.1, 0.15) is 5.56 Å². The van der Waals surface area contributed by atoms with E-state index in [1.54, 1.807) is 18.2 Å². The summed E-state index contributed by atoms with van der Waals surface area (Å²) in [6, 6.07) is 27.9. The number of benzene rings is 4. The van der Waals surface area contributed by atoms with Crippen molar-refractivity contribution in [2.45, 2.75) is 18.1 Å². The van der Waals surface area contributed by atoms with Gasteiger partial charge in [0.25, 0.3) is 16.4 Å². The van der Waals surface area contributed by atoms with Crippen LogP contribution in [-0.2, 0) is 14.3 Å². The lowest BCUT2D eigenvalue weighted by Crippen LogP contribution is -2.26. The van der Waals surface area contributed by atoms with Crippen molar-refractivity contribution < 1.29 is 22.1 Å². The minimum Gasteiger partial charge on any atom is -0.448 e. The molecule has 5 nitrogen and oxygen atoms in total. The molecule has 7 heteroatoms. The molecule has 0 radical (unpaired) electrons. The van der Waals surface area contributed by atoms with Gasteiger partial charge in [-0.05, 0) is 41.8 Å². The summed E-state index contributed by atoms with van der Waals surface area (Å²) in [7, 11) is -3.95. The first-order chi connectivity index (χ1) is 16.4. The molecule has 1 heterocycles. The van der Waals surface area contributed by atoms with Gasteiger partial charge >= 0.3 is 0 Å².